The van der Waals surface area contributed by atoms with Crippen molar-refractivity contribution in [1.29, 1.82) is 0 Å². The molecule has 0 bridgehead atoms. The number of hydrogen-bond acceptors (Lipinski definition) is 4. The molecule has 0 fully saturated rings. The fourth-order valence-electron chi connectivity index (χ4n) is 3.53. The molecule has 0 aliphatic carbocycles. The third kappa shape index (κ3) is 3.88. The Kier molecular flexibility index (Phi) is 5.70. The molecule has 1 atom stereocenters. The quantitative estimate of drug-likeness (QED) is 0.454. The highest BCUT2D eigenvalue weighted by atomic mass is 35.5. The molecule has 0 aromatic heterocycles. The lowest BCUT2D eigenvalue weighted by atomic mass is 9.83. The van der Waals surface area contributed by atoms with Crippen LogP contribution in [-0.2, 0) is 21.3 Å². The zero-order valence-electron chi connectivity index (χ0n) is 15.5. The maximum absolute atomic E-state index is 14.2. The van der Waals surface area contributed by atoms with E-state index < -0.39 is 22.4 Å². The highest BCUT2D eigenvalue weighted by Gasteiger charge is 2.31. The van der Waals surface area contributed by atoms with E-state index in [4.69, 9.17) is 16.3 Å². The van der Waals surface area contributed by atoms with Crippen molar-refractivity contribution in [3.8, 4) is 5.75 Å². The van der Waals surface area contributed by atoms with Gasteiger partial charge in [0.2, 0.25) is 0 Å². The number of rotatable bonds is 5. The number of carbonyl (C=O) groups is 1. The number of para-hydroxylation sites is 1. The Bertz CT molecular complexity index is 1220. The first kappa shape index (κ1) is 20.3. The van der Waals surface area contributed by atoms with Crippen LogP contribution in [0.1, 0.15) is 28.2 Å². The van der Waals surface area contributed by atoms with Crippen molar-refractivity contribution < 1.29 is 22.3 Å². The number of ether oxygens (including phenoxy) is 1. The molecular weight excluding hydrogens is 427 g/mol. The van der Waals surface area contributed by atoms with Gasteiger partial charge in [-0.1, -0.05) is 60.1 Å². The molecule has 3 aromatic carbocycles. The fraction of sp³-hybridized carbons (Fsp3) is 0.0870. The minimum Gasteiger partial charge on any atom is -0.456 e. The number of allylic oxidation sites excluding steroid dienone is 1. The van der Waals surface area contributed by atoms with E-state index in [0.717, 1.165) is 6.29 Å². The first-order chi connectivity index (χ1) is 14.5. The number of fused-ring (bicyclic) bond motifs is 1. The van der Waals surface area contributed by atoms with Crippen molar-refractivity contribution >= 4 is 39.9 Å². The van der Waals surface area contributed by atoms with Crippen LogP contribution >= 0.6 is 11.6 Å². The first-order valence-corrected chi connectivity index (χ1v) is 10.8. The second kappa shape index (κ2) is 8.42. The molecule has 3 aromatic rings. The van der Waals surface area contributed by atoms with Crippen LogP contribution in [0.3, 0.4) is 0 Å². The lowest BCUT2D eigenvalue weighted by Gasteiger charge is -2.28. The van der Waals surface area contributed by atoms with Crippen molar-refractivity contribution in [2.24, 2.45) is 0 Å². The topological polar surface area (TPSA) is 60.4 Å². The van der Waals surface area contributed by atoms with E-state index in [1.807, 2.05) is 6.07 Å². The summed E-state index contributed by atoms with van der Waals surface area (Å²) in [6.07, 6.45) is 0.805. The van der Waals surface area contributed by atoms with Crippen LogP contribution < -0.4 is 4.74 Å². The van der Waals surface area contributed by atoms with E-state index in [9.17, 15) is 17.6 Å². The minimum atomic E-state index is -2.54. The first-order valence-electron chi connectivity index (χ1n) is 9.10. The molecule has 4 rings (SSSR count). The normalized spacial score (nSPS) is 15.6. The van der Waals surface area contributed by atoms with Gasteiger partial charge >= 0.3 is 0 Å². The van der Waals surface area contributed by atoms with Gasteiger partial charge in [0.1, 0.15) is 34.3 Å². The maximum atomic E-state index is 14.2. The number of hydrogen-bond donors (Lipinski definition) is 1. The predicted molar refractivity (Wildman–Crippen MR) is 115 cm³/mol. The Labute approximate surface area is 179 Å². The van der Waals surface area contributed by atoms with Gasteiger partial charge in [-0.05, 0) is 29.3 Å². The summed E-state index contributed by atoms with van der Waals surface area (Å²) in [7, 11) is -2.54. The van der Waals surface area contributed by atoms with Crippen LogP contribution in [0.5, 0.6) is 5.75 Å². The number of halogens is 2. The van der Waals surface area contributed by atoms with Crippen molar-refractivity contribution in [1.82, 2.24) is 0 Å². The summed E-state index contributed by atoms with van der Waals surface area (Å²) in [6, 6.07) is 18.4. The van der Waals surface area contributed by atoms with Gasteiger partial charge in [-0.3, -0.25) is 0 Å². The monoisotopic (exact) mass is 442 g/mol. The standard InChI is InChI=1S/C23H16ClFO4S/c24-19-10-9-16(11-20(19)25)22-18(12-26)17-3-1-2-4-21(17)29-23(22)15-7-5-14(6-8-15)13-30(27)28/h1-12,18,30H,13H2. The van der Waals surface area contributed by atoms with E-state index in [0.29, 0.717) is 39.3 Å². The van der Waals surface area contributed by atoms with E-state index in [1.165, 1.54) is 12.1 Å². The molecule has 1 aliphatic rings. The smallest absolute Gasteiger partial charge is 0.144 e. The average molecular weight is 443 g/mol. The van der Waals surface area contributed by atoms with Crippen LogP contribution in [0, 0.1) is 5.82 Å². The van der Waals surface area contributed by atoms with Gasteiger partial charge in [-0.25, -0.2) is 12.8 Å². The maximum Gasteiger partial charge on any atom is 0.144 e. The molecule has 152 valence electrons. The van der Waals surface area contributed by atoms with E-state index in [-0.39, 0.29) is 10.8 Å². The highest BCUT2D eigenvalue weighted by Crippen LogP contribution is 2.46. The van der Waals surface area contributed by atoms with Crippen molar-refractivity contribution in [2.45, 2.75) is 11.7 Å². The van der Waals surface area contributed by atoms with Gasteiger partial charge in [0.15, 0.2) is 0 Å². The molecule has 1 heterocycles. The summed E-state index contributed by atoms with van der Waals surface area (Å²) < 4.78 is 42.4. The van der Waals surface area contributed by atoms with Crippen molar-refractivity contribution in [2.75, 3.05) is 0 Å². The van der Waals surface area contributed by atoms with Crippen LogP contribution in [0.2, 0.25) is 5.02 Å². The molecule has 0 amide bonds. The summed E-state index contributed by atoms with van der Waals surface area (Å²) >= 11 is 5.84. The zero-order valence-corrected chi connectivity index (χ0v) is 17.2. The predicted octanol–water partition coefficient (Wildman–Crippen LogP) is 4.83. The summed E-state index contributed by atoms with van der Waals surface area (Å²) in [4.78, 5) is 12.1. The lowest BCUT2D eigenvalue weighted by Crippen LogP contribution is -2.16. The Balaban J connectivity index is 1.92. The average Bonchev–Trinajstić information content (AvgIpc) is 2.74. The molecule has 0 N–H and O–H groups in total. The Morgan fingerprint density at radius 3 is 2.37 bits per heavy atom. The third-order valence-corrected chi connectivity index (χ3v) is 5.85. The Morgan fingerprint density at radius 2 is 1.70 bits per heavy atom. The molecular formula is C23H16ClFO4S. The van der Waals surface area contributed by atoms with Crippen LogP contribution in [-0.4, -0.2) is 14.7 Å². The summed E-state index contributed by atoms with van der Waals surface area (Å²) in [5, 5.41) is -0.0169. The fourth-order valence-corrected chi connectivity index (χ4v) is 4.16. The number of carbonyl (C=O) groups excluding carboxylic acids is 1. The largest absolute Gasteiger partial charge is 0.456 e. The van der Waals surface area contributed by atoms with Crippen molar-refractivity contribution in [3.05, 3.63) is 99.8 Å². The van der Waals surface area contributed by atoms with Gasteiger partial charge in [-0.15, -0.1) is 0 Å². The van der Waals surface area contributed by atoms with Gasteiger partial charge < -0.3 is 9.53 Å². The molecule has 0 saturated carbocycles. The molecule has 1 aliphatic heterocycles. The second-order valence-electron chi connectivity index (χ2n) is 6.81. The molecule has 30 heavy (non-hydrogen) atoms. The minimum absolute atomic E-state index is 0.0169. The summed E-state index contributed by atoms with van der Waals surface area (Å²) in [6.45, 7) is 0. The van der Waals surface area contributed by atoms with Crippen LogP contribution in [0.15, 0.2) is 66.7 Å². The van der Waals surface area contributed by atoms with Crippen LogP contribution in [0.25, 0.3) is 11.3 Å². The van der Waals surface area contributed by atoms with Crippen LogP contribution in [0.4, 0.5) is 4.39 Å². The Hall–Kier alpha value is -2.96. The van der Waals surface area contributed by atoms with Crippen molar-refractivity contribution in [3.63, 3.8) is 0 Å². The number of benzene rings is 3. The molecule has 7 heteroatoms. The van der Waals surface area contributed by atoms with E-state index in [1.54, 1.807) is 48.5 Å². The van der Waals surface area contributed by atoms with Gasteiger partial charge in [0, 0.05) is 16.7 Å². The number of thiol groups is 1. The highest BCUT2D eigenvalue weighted by molar-refractivity contribution is 7.71. The molecule has 1 unspecified atom stereocenters. The Morgan fingerprint density at radius 1 is 1.00 bits per heavy atom. The lowest BCUT2D eigenvalue weighted by molar-refractivity contribution is -0.108. The van der Waals surface area contributed by atoms with E-state index >= 15 is 0 Å². The summed E-state index contributed by atoms with van der Waals surface area (Å²) in [5.74, 6) is -0.384. The molecule has 0 saturated heterocycles. The molecule has 0 spiro atoms. The third-order valence-electron chi connectivity index (χ3n) is 4.92. The van der Waals surface area contributed by atoms with Gasteiger partial charge in [0.05, 0.1) is 16.7 Å². The molecule has 4 nitrogen and oxygen atoms in total. The van der Waals surface area contributed by atoms with Gasteiger partial charge in [0.25, 0.3) is 0 Å². The van der Waals surface area contributed by atoms with Gasteiger partial charge in [-0.2, -0.15) is 0 Å². The zero-order chi connectivity index (χ0) is 21.3. The SMILES string of the molecule is O=CC1C(c2ccc(Cl)c(F)c2)=C(c2ccc(C[SH](=O)=O)cc2)Oc2ccccc21. The summed E-state index contributed by atoms with van der Waals surface area (Å²) in [5.41, 5.74) is 2.96. The second-order valence-corrected chi connectivity index (χ2v) is 8.20. The number of aldehydes is 1. The molecule has 0 radical (unpaired) electrons. The van der Waals surface area contributed by atoms with E-state index in [2.05, 4.69) is 0 Å².